The van der Waals surface area contributed by atoms with E-state index in [4.69, 9.17) is 0 Å². The Morgan fingerprint density at radius 1 is 0.909 bits per heavy atom. The topological polar surface area (TPSA) is 3.24 Å². The molecule has 0 N–H and O–H groups in total. The molecule has 1 saturated carbocycles. The highest BCUT2D eigenvalue weighted by Crippen LogP contribution is 2.28. The number of rotatable bonds is 5. The van der Waals surface area contributed by atoms with Crippen molar-refractivity contribution < 1.29 is 4.48 Å². The summed E-state index contributed by atoms with van der Waals surface area (Å²) in [6.45, 7) is 5.30. The summed E-state index contributed by atoms with van der Waals surface area (Å²) in [6, 6.07) is 11.9. The summed E-state index contributed by atoms with van der Waals surface area (Å²) in [7, 11) is 2.48. The second-order valence-corrected chi connectivity index (χ2v) is 7.67. The lowest BCUT2D eigenvalue weighted by Crippen LogP contribution is -2.53. The number of para-hydroxylation sites is 1. The van der Waals surface area contributed by atoms with Gasteiger partial charge in [-0.3, -0.25) is 0 Å². The molecule has 122 valence electrons. The van der Waals surface area contributed by atoms with Crippen molar-refractivity contribution in [3.05, 3.63) is 30.3 Å². The number of hydrogen-bond acceptors (Lipinski definition) is 1. The average molecular weight is 301 g/mol. The summed E-state index contributed by atoms with van der Waals surface area (Å²) in [4.78, 5) is 2.73. The Bertz CT molecular complexity index is 430. The molecule has 2 fully saturated rings. The van der Waals surface area contributed by atoms with Gasteiger partial charge in [-0.15, -0.1) is 0 Å². The van der Waals surface area contributed by atoms with Gasteiger partial charge in [-0.1, -0.05) is 37.5 Å². The van der Waals surface area contributed by atoms with Crippen molar-refractivity contribution >= 4 is 5.69 Å². The highest BCUT2D eigenvalue weighted by molar-refractivity contribution is 5.47. The highest BCUT2D eigenvalue weighted by atomic mass is 15.3. The lowest BCUT2D eigenvalue weighted by atomic mass is 9.93. The van der Waals surface area contributed by atoms with Crippen molar-refractivity contribution in [1.29, 1.82) is 0 Å². The van der Waals surface area contributed by atoms with Crippen LogP contribution in [0, 0.1) is 0 Å². The van der Waals surface area contributed by atoms with Gasteiger partial charge >= 0.3 is 0 Å². The van der Waals surface area contributed by atoms with Gasteiger partial charge in [-0.2, -0.15) is 0 Å². The Hall–Kier alpha value is -1.02. The molecule has 0 atom stereocenters. The maximum absolute atomic E-state index is 2.73. The number of hydrogen-bond donors (Lipinski definition) is 0. The van der Waals surface area contributed by atoms with Crippen LogP contribution in [0.5, 0.6) is 0 Å². The van der Waals surface area contributed by atoms with Crippen LogP contribution >= 0.6 is 0 Å². The molecule has 1 aliphatic heterocycles. The zero-order valence-electron chi connectivity index (χ0n) is 14.3. The molecule has 2 heteroatoms. The van der Waals surface area contributed by atoms with Crippen molar-refractivity contribution in [2.45, 2.75) is 57.4 Å². The molecule has 0 unspecified atom stereocenters. The number of piperidine rings is 1. The average Bonchev–Trinajstić information content (AvgIpc) is 2.58. The minimum atomic E-state index is 0.771. The largest absolute Gasteiger partial charge is 0.363 e. The van der Waals surface area contributed by atoms with Crippen molar-refractivity contribution in [1.82, 2.24) is 0 Å². The monoisotopic (exact) mass is 301 g/mol. The van der Waals surface area contributed by atoms with Crippen LogP contribution in [-0.2, 0) is 0 Å². The number of likely N-dealkylation sites (N-methyl/N-ethyl adjacent to an activating group) is 1. The second-order valence-electron chi connectivity index (χ2n) is 7.67. The standard InChI is InChI=1S/C20H33N2/c1-22(16-9-4-10-17-22)18-15-21(19-11-5-2-6-12-19)20-13-7-3-8-14-20/h2,5-6,11-12,20H,3-4,7-10,13-18H2,1H3/q+1. The Labute approximate surface area is 136 Å². The van der Waals surface area contributed by atoms with E-state index in [0.29, 0.717) is 0 Å². The molecule has 1 aromatic rings. The molecule has 0 spiro atoms. The smallest absolute Gasteiger partial charge is 0.0962 e. The van der Waals surface area contributed by atoms with Crippen LogP contribution in [0.15, 0.2) is 30.3 Å². The number of nitrogens with zero attached hydrogens (tertiary/aromatic N) is 2. The summed E-state index contributed by atoms with van der Waals surface area (Å²) in [6.07, 6.45) is 11.3. The molecule has 3 rings (SSSR count). The summed E-state index contributed by atoms with van der Waals surface area (Å²) in [5.41, 5.74) is 1.44. The van der Waals surface area contributed by atoms with Crippen molar-refractivity contribution in [2.24, 2.45) is 0 Å². The van der Waals surface area contributed by atoms with E-state index >= 15 is 0 Å². The van der Waals surface area contributed by atoms with E-state index in [1.165, 1.54) is 87.7 Å². The Morgan fingerprint density at radius 3 is 2.23 bits per heavy atom. The zero-order chi connectivity index (χ0) is 15.3. The van der Waals surface area contributed by atoms with Gasteiger partial charge in [0, 0.05) is 11.7 Å². The Morgan fingerprint density at radius 2 is 1.55 bits per heavy atom. The van der Waals surface area contributed by atoms with Crippen LogP contribution in [0.2, 0.25) is 0 Å². The first-order valence-corrected chi connectivity index (χ1v) is 9.42. The van der Waals surface area contributed by atoms with Crippen LogP contribution in [0.4, 0.5) is 5.69 Å². The van der Waals surface area contributed by atoms with E-state index in [0.717, 1.165) is 6.04 Å². The van der Waals surface area contributed by atoms with E-state index in [-0.39, 0.29) is 0 Å². The quantitative estimate of drug-likeness (QED) is 0.726. The third-order valence-electron chi connectivity index (χ3n) is 5.88. The SMILES string of the molecule is C[N+]1(CCN(c2ccccc2)C2CCCCC2)CCCCC1. The van der Waals surface area contributed by atoms with E-state index in [2.05, 4.69) is 42.3 Å². The summed E-state index contributed by atoms with van der Waals surface area (Å²) >= 11 is 0. The van der Waals surface area contributed by atoms with E-state index < -0.39 is 0 Å². The number of anilines is 1. The van der Waals surface area contributed by atoms with Gasteiger partial charge in [-0.25, -0.2) is 0 Å². The third kappa shape index (κ3) is 4.04. The third-order valence-corrected chi connectivity index (χ3v) is 5.88. The van der Waals surface area contributed by atoms with Crippen LogP contribution < -0.4 is 4.90 Å². The lowest BCUT2D eigenvalue weighted by Gasteiger charge is -2.42. The fraction of sp³-hybridized carbons (Fsp3) is 0.700. The van der Waals surface area contributed by atoms with Gasteiger partial charge in [0.1, 0.15) is 0 Å². The molecule has 1 aliphatic carbocycles. The summed E-state index contributed by atoms with van der Waals surface area (Å²) < 4.78 is 1.29. The van der Waals surface area contributed by atoms with Gasteiger partial charge in [0.2, 0.25) is 0 Å². The maximum atomic E-state index is 2.73. The highest BCUT2D eigenvalue weighted by Gasteiger charge is 2.28. The molecule has 2 nitrogen and oxygen atoms in total. The van der Waals surface area contributed by atoms with Gasteiger partial charge in [0.15, 0.2) is 0 Å². The van der Waals surface area contributed by atoms with E-state index in [1.54, 1.807) is 0 Å². The van der Waals surface area contributed by atoms with Crippen LogP contribution in [0.1, 0.15) is 51.4 Å². The molecule has 1 aromatic carbocycles. The number of likely N-dealkylation sites (tertiary alicyclic amines) is 1. The number of quaternary nitrogens is 1. The predicted octanol–water partition coefficient (Wildman–Crippen LogP) is 4.46. The molecule has 2 aliphatic rings. The molecule has 0 aromatic heterocycles. The minimum Gasteiger partial charge on any atom is -0.363 e. The van der Waals surface area contributed by atoms with E-state index in [9.17, 15) is 0 Å². The fourth-order valence-corrected chi connectivity index (χ4v) is 4.38. The second kappa shape index (κ2) is 7.50. The number of benzene rings is 1. The molecule has 22 heavy (non-hydrogen) atoms. The van der Waals surface area contributed by atoms with Gasteiger partial charge < -0.3 is 9.38 Å². The van der Waals surface area contributed by atoms with Crippen molar-refractivity contribution in [3.8, 4) is 0 Å². The molecule has 1 heterocycles. The molecule has 0 bridgehead atoms. The summed E-state index contributed by atoms with van der Waals surface area (Å²) in [5.74, 6) is 0. The fourth-order valence-electron chi connectivity index (χ4n) is 4.38. The Balaban J connectivity index is 1.68. The van der Waals surface area contributed by atoms with Gasteiger partial charge in [0.05, 0.1) is 33.2 Å². The first-order chi connectivity index (χ1) is 10.8. The van der Waals surface area contributed by atoms with Crippen molar-refractivity contribution in [2.75, 3.05) is 38.1 Å². The first-order valence-electron chi connectivity index (χ1n) is 9.42. The zero-order valence-corrected chi connectivity index (χ0v) is 14.3. The molecular formula is C20H33N2+. The molecule has 0 radical (unpaired) electrons. The Kier molecular flexibility index (Phi) is 5.41. The predicted molar refractivity (Wildman–Crippen MR) is 95.3 cm³/mol. The molecular weight excluding hydrogens is 268 g/mol. The van der Waals surface area contributed by atoms with Gasteiger partial charge in [-0.05, 0) is 44.2 Å². The first kappa shape index (κ1) is 15.9. The molecule has 0 amide bonds. The normalized spacial score (nSPS) is 22.4. The maximum Gasteiger partial charge on any atom is 0.0962 e. The van der Waals surface area contributed by atoms with Crippen LogP contribution in [0.25, 0.3) is 0 Å². The van der Waals surface area contributed by atoms with Crippen LogP contribution in [0.3, 0.4) is 0 Å². The summed E-state index contributed by atoms with van der Waals surface area (Å²) in [5, 5.41) is 0. The minimum absolute atomic E-state index is 0.771. The van der Waals surface area contributed by atoms with Gasteiger partial charge in [0.25, 0.3) is 0 Å². The van der Waals surface area contributed by atoms with Crippen LogP contribution in [-0.4, -0.2) is 43.8 Å². The van der Waals surface area contributed by atoms with E-state index in [1.807, 2.05) is 0 Å². The van der Waals surface area contributed by atoms with Crippen molar-refractivity contribution in [3.63, 3.8) is 0 Å². The molecule has 1 saturated heterocycles. The lowest BCUT2D eigenvalue weighted by molar-refractivity contribution is -0.912.